The van der Waals surface area contributed by atoms with E-state index in [-0.39, 0.29) is 6.04 Å². The van der Waals surface area contributed by atoms with E-state index < -0.39 is 0 Å². The van der Waals surface area contributed by atoms with Crippen molar-refractivity contribution in [3.05, 3.63) is 106 Å². The minimum atomic E-state index is 0.0911. The normalized spacial score (nSPS) is 16.0. The third-order valence-corrected chi connectivity index (χ3v) is 6.39. The first-order chi connectivity index (χ1) is 14.7. The topological polar surface area (TPSA) is 28.5 Å². The second kappa shape index (κ2) is 8.05. The van der Waals surface area contributed by atoms with Crippen LogP contribution < -0.4 is 5.01 Å². The van der Waals surface area contributed by atoms with E-state index in [4.69, 9.17) is 21.7 Å². The third-order valence-electron chi connectivity index (χ3n) is 5.31. The minimum Gasteiger partial charge on any atom is -0.231 e. The number of thiazole rings is 1. The number of hydrogen-bond acceptors (Lipinski definition) is 4. The Morgan fingerprint density at radius 2 is 1.63 bits per heavy atom. The molecule has 5 heteroatoms. The van der Waals surface area contributed by atoms with E-state index in [9.17, 15) is 0 Å². The van der Waals surface area contributed by atoms with E-state index in [0.29, 0.717) is 0 Å². The summed E-state index contributed by atoms with van der Waals surface area (Å²) >= 11 is 7.75. The van der Waals surface area contributed by atoms with Crippen LogP contribution in [0.2, 0.25) is 5.02 Å². The van der Waals surface area contributed by atoms with E-state index in [2.05, 4.69) is 65.8 Å². The molecule has 2 heterocycles. The van der Waals surface area contributed by atoms with Crippen molar-refractivity contribution in [1.82, 2.24) is 4.98 Å². The predicted molar refractivity (Wildman–Crippen MR) is 127 cm³/mol. The fraction of sp³-hybridized carbons (Fsp3) is 0.120. The number of aryl methyl sites for hydroxylation is 1. The molecule has 1 aliphatic rings. The monoisotopic (exact) mass is 429 g/mol. The molecule has 0 aliphatic carbocycles. The van der Waals surface area contributed by atoms with Gasteiger partial charge in [0.25, 0.3) is 0 Å². The van der Waals surface area contributed by atoms with Gasteiger partial charge in [0.1, 0.15) is 0 Å². The predicted octanol–water partition coefficient (Wildman–Crippen LogP) is 7.13. The van der Waals surface area contributed by atoms with E-state index in [1.54, 1.807) is 11.3 Å². The van der Waals surface area contributed by atoms with Crippen molar-refractivity contribution in [2.45, 2.75) is 19.4 Å². The Morgan fingerprint density at radius 1 is 0.900 bits per heavy atom. The zero-order valence-corrected chi connectivity index (χ0v) is 18.1. The molecule has 1 aliphatic heterocycles. The lowest BCUT2D eigenvalue weighted by Gasteiger charge is -2.21. The van der Waals surface area contributed by atoms with Gasteiger partial charge in [-0.05, 0) is 30.2 Å². The molecule has 3 aromatic carbocycles. The van der Waals surface area contributed by atoms with Gasteiger partial charge in [0.05, 0.1) is 17.4 Å². The highest BCUT2D eigenvalue weighted by molar-refractivity contribution is 7.14. The second-order valence-corrected chi connectivity index (χ2v) is 8.68. The van der Waals surface area contributed by atoms with Gasteiger partial charge in [-0.3, -0.25) is 0 Å². The van der Waals surface area contributed by atoms with Crippen LogP contribution in [0.5, 0.6) is 0 Å². The lowest BCUT2D eigenvalue weighted by Crippen LogP contribution is -2.18. The van der Waals surface area contributed by atoms with E-state index in [0.717, 1.165) is 39.1 Å². The fourth-order valence-corrected chi connectivity index (χ4v) is 4.62. The summed E-state index contributed by atoms with van der Waals surface area (Å²) in [5.74, 6) is 0. The van der Waals surface area contributed by atoms with Gasteiger partial charge in [0.15, 0.2) is 0 Å². The maximum atomic E-state index is 6.13. The average Bonchev–Trinajstić information content (AvgIpc) is 3.43. The van der Waals surface area contributed by atoms with Gasteiger partial charge in [-0.15, -0.1) is 11.3 Å². The van der Waals surface area contributed by atoms with E-state index in [1.165, 1.54) is 11.1 Å². The van der Waals surface area contributed by atoms with Crippen LogP contribution in [0.3, 0.4) is 0 Å². The smallest absolute Gasteiger partial charge is 0.207 e. The highest BCUT2D eigenvalue weighted by Crippen LogP contribution is 2.39. The summed E-state index contributed by atoms with van der Waals surface area (Å²) in [4.78, 5) is 4.91. The lowest BCUT2D eigenvalue weighted by molar-refractivity contribution is 0.706. The Kier molecular flexibility index (Phi) is 5.11. The molecule has 0 radical (unpaired) electrons. The van der Waals surface area contributed by atoms with Crippen LogP contribution in [0, 0.1) is 6.92 Å². The quantitative estimate of drug-likeness (QED) is 0.345. The first kappa shape index (κ1) is 19.0. The Morgan fingerprint density at radius 3 is 2.37 bits per heavy atom. The molecule has 0 fully saturated rings. The number of aromatic nitrogens is 1. The summed E-state index contributed by atoms with van der Waals surface area (Å²) in [5, 5.41) is 10.8. The van der Waals surface area contributed by atoms with E-state index >= 15 is 0 Å². The molecular formula is C25H20ClN3S. The molecule has 1 atom stereocenters. The van der Waals surface area contributed by atoms with Crippen LogP contribution in [-0.4, -0.2) is 10.7 Å². The number of halogens is 1. The van der Waals surface area contributed by atoms with Crippen molar-refractivity contribution >= 4 is 33.8 Å². The van der Waals surface area contributed by atoms with Crippen molar-refractivity contribution in [3.8, 4) is 11.3 Å². The zero-order valence-electron chi connectivity index (χ0n) is 16.5. The van der Waals surface area contributed by atoms with Gasteiger partial charge < -0.3 is 0 Å². The van der Waals surface area contributed by atoms with Crippen LogP contribution in [-0.2, 0) is 0 Å². The van der Waals surface area contributed by atoms with Gasteiger partial charge in [-0.1, -0.05) is 83.9 Å². The van der Waals surface area contributed by atoms with Crippen LogP contribution >= 0.6 is 22.9 Å². The number of anilines is 1. The van der Waals surface area contributed by atoms with Gasteiger partial charge in [-0.2, -0.15) is 5.10 Å². The van der Waals surface area contributed by atoms with Crippen molar-refractivity contribution < 1.29 is 0 Å². The molecule has 0 saturated carbocycles. The number of hydrazone groups is 1. The van der Waals surface area contributed by atoms with Crippen molar-refractivity contribution in [3.63, 3.8) is 0 Å². The van der Waals surface area contributed by atoms with Crippen LogP contribution in [0.4, 0.5) is 5.13 Å². The molecule has 5 rings (SSSR count). The number of hydrogen-bond donors (Lipinski definition) is 0. The van der Waals surface area contributed by atoms with Crippen molar-refractivity contribution in [1.29, 1.82) is 0 Å². The Bertz CT molecular complexity index is 1180. The zero-order chi connectivity index (χ0) is 20.5. The third kappa shape index (κ3) is 3.76. The SMILES string of the molecule is Cc1ccc(C2=NN(c3nc(-c4ccccc4)cs3)[C@@H](c3ccc(Cl)cc3)C2)cc1. The second-order valence-electron chi connectivity index (χ2n) is 7.41. The maximum Gasteiger partial charge on any atom is 0.207 e. The molecule has 148 valence electrons. The summed E-state index contributed by atoms with van der Waals surface area (Å²) in [6.07, 6.45) is 0.824. The van der Waals surface area contributed by atoms with Crippen LogP contribution in [0.1, 0.15) is 29.2 Å². The molecule has 0 saturated heterocycles. The summed E-state index contributed by atoms with van der Waals surface area (Å²) in [6.45, 7) is 2.10. The molecule has 3 nitrogen and oxygen atoms in total. The lowest BCUT2D eigenvalue weighted by atomic mass is 9.98. The summed E-state index contributed by atoms with van der Waals surface area (Å²) in [6, 6.07) is 27.0. The first-order valence-corrected chi connectivity index (χ1v) is 11.1. The molecular weight excluding hydrogens is 410 g/mol. The highest BCUT2D eigenvalue weighted by atomic mass is 35.5. The first-order valence-electron chi connectivity index (χ1n) is 9.87. The molecule has 4 aromatic rings. The Hall–Kier alpha value is -2.95. The van der Waals surface area contributed by atoms with Crippen molar-refractivity contribution in [2.24, 2.45) is 5.10 Å². The maximum absolute atomic E-state index is 6.13. The number of nitrogens with zero attached hydrogens (tertiary/aromatic N) is 3. The van der Waals surface area contributed by atoms with Gasteiger partial charge in [0.2, 0.25) is 5.13 Å². The van der Waals surface area contributed by atoms with Gasteiger partial charge in [0, 0.05) is 22.4 Å². The average molecular weight is 430 g/mol. The molecule has 0 unspecified atom stereocenters. The minimum absolute atomic E-state index is 0.0911. The molecule has 0 amide bonds. The molecule has 30 heavy (non-hydrogen) atoms. The van der Waals surface area contributed by atoms with Crippen LogP contribution in [0.25, 0.3) is 11.3 Å². The Balaban J connectivity index is 1.53. The van der Waals surface area contributed by atoms with E-state index in [1.807, 2.05) is 30.3 Å². The van der Waals surface area contributed by atoms with Gasteiger partial charge in [-0.25, -0.2) is 9.99 Å². The summed E-state index contributed by atoms with van der Waals surface area (Å²) in [7, 11) is 0. The molecule has 1 aromatic heterocycles. The largest absolute Gasteiger partial charge is 0.231 e. The molecule has 0 spiro atoms. The molecule has 0 bridgehead atoms. The summed E-state index contributed by atoms with van der Waals surface area (Å²) in [5.41, 5.74) is 6.75. The van der Waals surface area contributed by atoms with Crippen LogP contribution in [0.15, 0.2) is 89.3 Å². The fourth-order valence-electron chi connectivity index (χ4n) is 3.66. The summed E-state index contributed by atoms with van der Waals surface area (Å²) < 4.78 is 0. The standard InChI is InChI=1S/C25H20ClN3S/c1-17-7-9-19(10-8-17)22-15-24(20-11-13-21(26)14-12-20)29(28-22)25-27-23(16-30-25)18-5-3-2-4-6-18/h2-14,16,24H,15H2,1H3/t24-/m1/s1. The highest BCUT2D eigenvalue weighted by Gasteiger charge is 2.31. The number of benzene rings is 3. The number of rotatable bonds is 4. The van der Waals surface area contributed by atoms with Gasteiger partial charge >= 0.3 is 0 Å². The van der Waals surface area contributed by atoms with Crippen molar-refractivity contribution in [2.75, 3.05) is 5.01 Å². The Labute approximate surface area is 185 Å². The molecule has 0 N–H and O–H groups in total.